The van der Waals surface area contributed by atoms with Gasteiger partial charge in [0.2, 0.25) is 5.76 Å². The van der Waals surface area contributed by atoms with Gasteiger partial charge in [0.05, 0.1) is 14.2 Å². The van der Waals surface area contributed by atoms with Gasteiger partial charge in [-0.05, 0) is 6.07 Å². The highest BCUT2D eigenvalue weighted by molar-refractivity contribution is 5.86. The van der Waals surface area contributed by atoms with Crippen molar-refractivity contribution in [3.63, 3.8) is 0 Å². The van der Waals surface area contributed by atoms with Gasteiger partial charge in [-0.25, -0.2) is 9.18 Å². The highest BCUT2D eigenvalue weighted by Gasteiger charge is 2.18. The molecule has 0 unspecified atom stereocenters. The summed E-state index contributed by atoms with van der Waals surface area (Å²) in [6, 6.07) is 3.71. The van der Waals surface area contributed by atoms with E-state index in [0.717, 1.165) is 6.07 Å². The van der Waals surface area contributed by atoms with Crippen LogP contribution in [0.15, 0.2) is 22.7 Å². The number of nitrogens with zero attached hydrogens (tertiary/aromatic N) is 1. The molecule has 0 saturated heterocycles. The first-order valence-corrected chi connectivity index (χ1v) is 5.18. The van der Waals surface area contributed by atoms with Crippen LogP contribution < -0.4 is 9.47 Å². The number of benzene rings is 1. The van der Waals surface area contributed by atoms with Crippen LogP contribution in [0, 0.1) is 5.82 Å². The minimum absolute atomic E-state index is 0.00400. The number of hydrogen-bond donors (Lipinski definition) is 1. The highest BCUT2D eigenvalue weighted by Crippen LogP contribution is 2.35. The molecule has 0 bridgehead atoms. The van der Waals surface area contributed by atoms with E-state index < -0.39 is 11.8 Å². The van der Waals surface area contributed by atoms with Gasteiger partial charge in [-0.2, -0.15) is 0 Å². The molecule has 6 nitrogen and oxygen atoms in total. The number of rotatable bonds is 4. The van der Waals surface area contributed by atoms with Gasteiger partial charge >= 0.3 is 5.97 Å². The lowest BCUT2D eigenvalue weighted by atomic mass is 10.1. The molecule has 1 heterocycles. The van der Waals surface area contributed by atoms with E-state index in [-0.39, 0.29) is 23.0 Å². The Morgan fingerprint density at radius 2 is 1.95 bits per heavy atom. The largest absolute Gasteiger partial charge is 0.496 e. The maximum atomic E-state index is 13.5. The fourth-order valence-electron chi connectivity index (χ4n) is 1.56. The first-order valence-electron chi connectivity index (χ1n) is 5.18. The van der Waals surface area contributed by atoms with Crippen LogP contribution in [0.5, 0.6) is 11.5 Å². The summed E-state index contributed by atoms with van der Waals surface area (Å²) >= 11 is 0. The van der Waals surface area contributed by atoms with Gasteiger partial charge in [-0.3, -0.25) is 0 Å². The number of halogens is 1. The van der Waals surface area contributed by atoms with Crippen molar-refractivity contribution < 1.29 is 28.3 Å². The molecule has 0 amide bonds. The van der Waals surface area contributed by atoms with Crippen LogP contribution in [0.4, 0.5) is 4.39 Å². The first-order chi connectivity index (χ1) is 9.06. The van der Waals surface area contributed by atoms with Crippen LogP contribution in [-0.4, -0.2) is 30.5 Å². The highest BCUT2D eigenvalue weighted by atomic mass is 19.1. The Balaban J connectivity index is 2.55. The van der Waals surface area contributed by atoms with E-state index in [1.807, 2.05) is 0 Å². The molecule has 0 fully saturated rings. The van der Waals surface area contributed by atoms with Gasteiger partial charge in [-0.1, -0.05) is 5.16 Å². The van der Waals surface area contributed by atoms with Crippen LogP contribution >= 0.6 is 0 Å². The van der Waals surface area contributed by atoms with Crippen LogP contribution in [0.2, 0.25) is 0 Å². The van der Waals surface area contributed by atoms with E-state index in [4.69, 9.17) is 14.6 Å². The Kier molecular flexibility index (Phi) is 3.37. The average molecular weight is 267 g/mol. The third kappa shape index (κ3) is 2.35. The van der Waals surface area contributed by atoms with Gasteiger partial charge in [0, 0.05) is 17.7 Å². The van der Waals surface area contributed by atoms with Crippen molar-refractivity contribution in [1.82, 2.24) is 5.16 Å². The zero-order chi connectivity index (χ0) is 14.0. The van der Waals surface area contributed by atoms with E-state index in [2.05, 4.69) is 9.68 Å². The summed E-state index contributed by atoms with van der Waals surface area (Å²) in [6.07, 6.45) is 0. The number of aromatic nitrogens is 1. The van der Waals surface area contributed by atoms with Crippen LogP contribution in [0.3, 0.4) is 0 Å². The Morgan fingerprint density at radius 3 is 2.47 bits per heavy atom. The van der Waals surface area contributed by atoms with Crippen LogP contribution in [0.25, 0.3) is 11.3 Å². The number of carbonyl (C=O) groups is 1. The molecule has 0 aliphatic heterocycles. The summed E-state index contributed by atoms with van der Waals surface area (Å²) in [4.78, 5) is 10.7. The summed E-state index contributed by atoms with van der Waals surface area (Å²) < 4.78 is 28.0. The molecular formula is C12H10FNO5. The fraction of sp³-hybridized carbons (Fsp3) is 0.167. The molecule has 2 aromatic rings. The minimum Gasteiger partial charge on any atom is -0.496 e. The van der Waals surface area contributed by atoms with Crippen molar-refractivity contribution >= 4 is 5.97 Å². The monoisotopic (exact) mass is 267 g/mol. The SMILES string of the molecule is COc1cc(-c2cc(C(=O)O)on2)c(OC)cc1F. The maximum absolute atomic E-state index is 13.5. The molecular weight excluding hydrogens is 257 g/mol. The molecule has 1 aromatic carbocycles. The average Bonchev–Trinajstić information content (AvgIpc) is 2.88. The predicted molar refractivity (Wildman–Crippen MR) is 62.0 cm³/mol. The number of aromatic carboxylic acids is 1. The van der Waals surface area contributed by atoms with Crippen molar-refractivity contribution in [2.75, 3.05) is 14.2 Å². The number of methoxy groups -OCH3 is 2. The molecule has 7 heteroatoms. The van der Waals surface area contributed by atoms with Crippen molar-refractivity contribution in [3.05, 3.63) is 29.8 Å². The van der Waals surface area contributed by atoms with E-state index in [9.17, 15) is 9.18 Å². The van der Waals surface area contributed by atoms with E-state index >= 15 is 0 Å². The third-order valence-electron chi connectivity index (χ3n) is 2.47. The number of ether oxygens (including phenoxy) is 2. The summed E-state index contributed by atoms with van der Waals surface area (Å²) in [5, 5.41) is 12.4. The van der Waals surface area contributed by atoms with Crippen molar-refractivity contribution in [1.29, 1.82) is 0 Å². The van der Waals surface area contributed by atoms with E-state index in [1.54, 1.807) is 0 Å². The van der Waals surface area contributed by atoms with Crippen molar-refractivity contribution in [2.45, 2.75) is 0 Å². The summed E-state index contributed by atoms with van der Waals surface area (Å²) in [5.41, 5.74) is 0.588. The number of carboxylic acids is 1. The third-order valence-corrected chi connectivity index (χ3v) is 2.47. The normalized spacial score (nSPS) is 10.3. The zero-order valence-electron chi connectivity index (χ0n) is 10.1. The van der Waals surface area contributed by atoms with Crippen LogP contribution in [-0.2, 0) is 0 Å². The lowest BCUT2D eigenvalue weighted by molar-refractivity contribution is 0.0652. The molecule has 0 aliphatic carbocycles. The standard InChI is InChI=1S/C12H10FNO5/c1-17-9-4-7(13)10(18-2)3-6(9)8-5-11(12(15)16)19-14-8/h3-5H,1-2H3,(H,15,16). The minimum atomic E-state index is -1.24. The second kappa shape index (κ2) is 4.97. The van der Waals surface area contributed by atoms with Gasteiger partial charge in [0.25, 0.3) is 0 Å². The van der Waals surface area contributed by atoms with Gasteiger partial charge < -0.3 is 19.1 Å². The Hall–Kier alpha value is -2.57. The number of carboxylic acid groups (broad SMARTS) is 1. The summed E-state index contributed by atoms with van der Waals surface area (Å²) in [5.74, 6) is -1.96. The maximum Gasteiger partial charge on any atom is 0.374 e. The topological polar surface area (TPSA) is 81.8 Å². The quantitative estimate of drug-likeness (QED) is 0.914. The summed E-state index contributed by atoms with van der Waals surface area (Å²) in [7, 11) is 2.68. The van der Waals surface area contributed by atoms with Gasteiger partial charge in [-0.15, -0.1) is 0 Å². The fourth-order valence-corrected chi connectivity index (χ4v) is 1.56. The summed E-state index contributed by atoms with van der Waals surface area (Å²) in [6.45, 7) is 0. The molecule has 100 valence electrons. The first kappa shape index (κ1) is 12.9. The molecule has 0 spiro atoms. The van der Waals surface area contributed by atoms with Gasteiger partial charge in [0.15, 0.2) is 11.6 Å². The Labute approximate surface area is 107 Å². The molecule has 0 atom stereocenters. The Bertz CT molecular complexity index is 623. The molecule has 19 heavy (non-hydrogen) atoms. The molecule has 0 radical (unpaired) electrons. The lowest BCUT2D eigenvalue weighted by Gasteiger charge is -2.09. The molecule has 0 saturated carbocycles. The van der Waals surface area contributed by atoms with E-state index in [0.29, 0.717) is 5.56 Å². The second-order valence-corrected chi connectivity index (χ2v) is 3.57. The molecule has 2 rings (SSSR count). The predicted octanol–water partition coefficient (Wildman–Crippen LogP) is 2.20. The molecule has 0 aliphatic rings. The molecule has 1 N–H and O–H groups in total. The second-order valence-electron chi connectivity index (χ2n) is 3.57. The van der Waals surface area contributed by atoms with Crippen molar-refractivity contribution in [2.24, 2.45) is 0 Å². The van der Waals surface area contributed by atoms with E-state index in [1.165, 1.54) is 26.4 Å². The Morgan fingerprint density at radius 1 is 1.26 bits per heavy atom. The lowest BCUT2D eigenvalue weighted by Crippen LogP contribution is -1.94. The smallest absolute Gasteiger partial charge is 0.374 e. The zero-order valence-corrected chi connectivity index (χ0v) is 10.1. The van der Waals surface area contributed by atoms with Crippen LogP contribution in [0.1, 0.15) is 10.6 Å². The van der Waals surface area contributed by atoms with Crippen molar-refractivity contribution in [3.8, 4) is 22.8 Å². The van der Waals surface area contributed by atoms with Gasteiger partial charge in [0.1, 0.15) is 11.4 Å². The number of hydrogen-bond acceptors (Lipinski definition) is 5. The molecule has 1 aromatic heterocycles.